The smallest absolute Gasteiger partial charge is 0.253 e. The fourth-order valence-electron chi connectivity index (χ4n) is 6.33. The van der Waals surface area contributed by atoms with Crippen molar-refractivity contribution in [2.45, 2.75) is 39.5 Å². The summed E-state index contributed by atoms with van der Waals surface area (Å²) in [5, 5.41) is 3.25. The zero-order valence-electron chi connectivity index (χ0n) is 19.4. The standard InChI is InChI=1S/C25H37N3O3/c1-18(2)15-26-23(30)25-9-8-24(21(25)16-27(3)17-25)10-12-28(13-11-24)22(29)19-6-5-7-20(14-19)31-4/h5-7,14,18,21H,8-13,15-17H2,1-4H3,(H,26,30)/t21-,25+/m0/s1. The molecule has 0 radical (unpaired) electrons. The van der Waals surface area contributed by atoms with Crippen LogP contribution in [0.5, 0.6) is 5.75 Å². The molecule has 0 aromatic heterocycles. The molecule has 6 nitrogen and oxygen atoms in total. The van der Waals surface area contributed by atoms with Gasteiger partial charge in [-0.05, 0) is 68.2 Å². The molecule has 31 heavy (non-hydrogen) atoms. The first-order chi connectivity index (χ1) is 14.8. The third-order valence-electron chi connectivity index (χ3n) is 8.01. The molecule has 6 heteroatoms. The molecule has 1 aromatic rings. The first kappa shape index (κ1) is 22.1. The van der Waals surface area contributed by atoms with Crippen molar-refractivity contribution in [3.63, 3.8) is 0 Å². The summed E-state index contributed by atoms with van der Waals surface area (Å²) in [5.74, 6) is 1.88. The average Bonchev–Trinajstić information content (AvgIpc) is 3.27. The van der Waals surface area contributed by atoms with Gasteiger partial charge in [0, 0.05) is 38.3 Å². The van der Waals surface area contributed by atoms with Crippen molar-refractivity contribution in [1.29, 1.82) is 0 Å². The van der Waals surface area contributed by atoms with E-state index >= 15 is 0 Å². The molecule has 0 unspecified atom stereocenters. The number of nitrogens with zero attached hydrogens (tertiary/aromatic N) is 2. The number of piperidine rings is 1. The second-order valence-corrected chi connectivity index (χ2v) is 10.4. The van der Waals surface area contributed by atoms with Gasteiger partial charge < -0.3 is 19.9 Å². The summed E-state index contributed by atoms with van der Waals surface area (Å²) in [6, 6.07) is 7.41. The highest BCUT2D eigenvalue weighted by Crippen LogP contribution is 2.61. The van der Waals surface area contributed by atoms with Crippen molar-refractivity contribution in [2.75, 3.05) is 46.9 Å². The number of benzene rings is 1. The maximum atomic E-state index is 13.3. The number of likely N-dealkylation sites (tertiary alicyclic amines) is 2. The Bertz CT molecular complexity index is 831. The summed E-state index contributed by atoms with van der Waals surface area (Å²) in [6.07, 6.45) is 4.04. The lowest BCUT2D eigenvalue weighted by Gasteiger charge is -2.44. The fourth-order valence-corrected chi connectivity index (χ4v) is 6.33. The summed E-state index contributed by atoms with van der Waals surface area (Å²) in [6.45, 7) is 8.39. The van der Waals surface area contributed by atoms with E-state index in [9.17, 15) is 9.59 Å². The summed E-state index contributed by atoms with van der Waals surface area (Å²) < 4.78 is 5.28. The molecule has 1 N–H and O–H groups in total. The molecule has 4 rings (SSSR count). The molecule has 0 bridgehead atoms. The SMILES string of the molecule is COc1cccc(C(=O)N2CCC3(CC2)CC[C@@]2(C(=O)NCC(C)C)CN(C)C[C@@H]32)c1. The van der Waals surface area contributed by atoms with Gasteiger partial charge in [0.1, 0.15) is 5.75 Å². The van der Waals surface area contributed by atoms with Gasteiger partial charge in [-0.15, -0.1) is 0 Å². The third kappa shape index (κ3) is 3.95. The highest BCUT2D eigenvalue weighted by Gasteiger charge is 2.63. The van der Waals surface area contributed by atoms with E-state index in [1.165, 1.54) is 0 Å². The van der Waals surface area contributed by atoms with Crippen LogP contribution in [0.2, 0.25) is 0 Å². The Morgan fingerprint density at radius 3 is 2.61 bits per heavy atom. The predicted octanol–water partition coefficient (Wildman–Crippen LogP) is 3.03. The van der Waals surface area contributed by atoms with Crippen LogP contribution in [0.1, 0.15) is 49.9 Å². The van der Waals surface area contributed by atoms with Gasteiger partial charge in [0.2, 0.25) is 5.91 Å². The molecular formula is C25H37N3O3. The van der Waals surface area contributed by atoms with Gasteiger partial charge in [-0.3, -0.25) is 9.59 Å². The van der Waals surface area contributed by atoms with Gasteiger partial charge >= 0.3 is 0 Å². The number of rotatable bonds is 5. The first-order valence-electron chi connectivity index (χ1n) is 11.7. The van der Waals surface area contributed by atoms with Crippen molar-refractivity contribution < 1.29 is 14.3 Å². The Morgan fingerprint density at radius 2 is 1.94 bits per heavy atom. The maximum Gasteiger partial charge on any atom is 0.253 e. The summed E-state index contributed by atoms with van der Waals surface area (Å²) in [5.41, 5.74) is 0.595. The van der Waals surface area contributed by atoms with E-state index in [1.54, 1.807) is 7.11 Å². The van der Waals surface area contributed by atoms with Gasteiger partial charge in [-0.1, -0.05) is 19.9 Å². The Hall–Kier alpha value is -2.08. The lowest BCUT2D eigenvalue weighted by atomic mass is 9.65. The molecule has 1 aromatic carbocycles. The van der Waals surface area contributed by atoms with Gasteiger partial charge in [-0.25, -0.2) is 0 Å². The van der Waals surface area contributed by atoms with E-state index in [0.717, 1.165) is 58.4 Å². The van der Waals surface area contributed by atoms with E-state index in [4.69, 9.17) is 4.74 Å². The van der Waals surface area contributed by atoms with Crippen LogP contribution in [-0.4, -0.2) is 68.5 Å². The lowest BCUT2D eigenvalue weighted by Crippen LogP contribution is -2.50. The number of fused-ring (bicyclic) bond motifs is 2. The Labute approximate surface area is 186 Å². The molecule has 2 aliphatic heterocycles. The number of carbonyl (C=O) groups excluding carboxylic acids is 2. The highest BCUT2D eigenvalue weighted by molar-refractivity contribution is 5.94. The van der Waals surface area contributed by atoms with Crippen LogP contribution in [0.4, 0.5) is 0 Å². The molecule has 2 saturated heterocycles. The number of amides is 2. The largest absolute Gasteiger partial charge is 0.497 e. The second kappa shape index (κ2) is 8.45. The van der Waals surface area contributed by atoms with Crippen LogP contribution in [0, 0.1) is 22.7 Å². The van der Waals surface area contributed by atoms with E-state index in [-0.39, 0.29) is 22.6 Å². The van der Waals surface area contributed by atoms with E-state index < -0.39 is 0 Å². The maximum absolute atomic E-state index is 13.3. The molecule has 1 spiro atoms. The number of hydrogen-bond acceptors (Lipinski definition) is 4. The zero-order valence-corrected chi connectivity index (χ0v) is 19.4. The monoisotopic (exact) mass is 427 g/mol. The molecule has 2 amide bonds. The van der Waals surface area contributed by atoms with Crippen LogP contribution in [0.25, 0.3) is 0 Å². The molecule has 1 aliphatic carbocycles. The van der Waals surface area contributed by atoms with E-state index in [0.29, 0.717) is 23.1 Å². The van der Waals surface area contributed by atoms with Crippen molar-refractivity contribution in [3.8, 4) is 5.75 Å². The lowest BCUT2D eigenvalue weighted by molar-refractivity contribution is -0.133. The number of nitrogens with one attached hydrogen (secondary N) is 1. The van der Waals surface area contributed by atoms with Gasteiger partial charge in [0.05, 0.1) is 12.5 Å². The van der Waals surface area contributed by atoms with Crippen LogP contribution in [-0.2, 0) is 4.79 Å². The van der Waals surface area contributed by atoms with Crippen molar-refractivity contribution in [1.82, 2.24) is 15.1 Å². The minimum absolute atomic E-state index is 0.0798. The van der Waals surface area contributed by atoms with Crippen LogP contribution < -0.4 is 10.1 Å². The summed E-state index contributed by atoms with van der Waals surface area (Å²) in [4.78, 5) is 30.7. The Balaban J connectivity index is 1.46. The van der Waals surface area contributed by atoms with Crippen molar-refractivity contribution in [2.24, 2.45) is 22.7 Å². The predicted molar refractivity (Wildman–Crippen MR) is 121 cm³/mol. The van der Waals surface area contributed by atoms with Crippen molar-refractivity contribution >= 4 is 11.8 Å². The van der Waals surface area contributed by atoms with Gasteiger partial charge in [0.25, 0.3) is 5.91 Å². The number of methoxy groups -OCH3 is 1. The number of hydrogen-bond donors (Lipinski definition) is 1. The molecule has 3 aliphatic rings. The van der Waals surface area contributed by atoms with Crippen LogP contribution in [0.15, 0.2) is 24.3 Å². The van der Waals surface area contributed by atoms with Gasteiger partial charge in [0.15, 0.2) is 0 Å². The Morgan fingerprint density at radius 1 is 1.19 bits per heavy atom. The fraction of sp³-hybridized carbons (Fsp3) is 0.680. The molecule has 1 saturated carbocycles. The Kier molecular flexibility index (Phi) is 6.03. The average molecular weight is 428 g/mol. The molecule has 2 heterocycles. The molecule has 3 fully saturated rings. The zero-order chi connectivity index (χ0) is 22.2. The van der Waals surface area contributed by atoms with Crippen LogP contribution >= 0.6 is 0 Å². The second-order valence-electron chi connectivity index (χ2n) is 10.4. The minimum atomic E-state index is -0.261. The van der Waals surface area contributed by atoms with E-state index in [1.807, 2.05) is 29.2 Å². The summed E-state index contributed by atoms with van der Waals surface area (Å²) in [7, 11) is 3.77. The third-order valence-corrected chi connectivity index (χ3v) is 8.01. The quantitative estimate of drug-likeness (QED) is 0.785. The number of carbonyl (C=O) groups is 2. The number of ether oxygens (including phenoxy) is 1. The molecule has 2 atom stereocenters. The molecule has 170 valence electrons. The first-order valence-corrected chi connectivity index (χ1v) is 11.7. The minimum Gasteiger partial charge on any atom is -0.497 e. The van der Waals surface area contributed by atoms with Gasteiger partial charge in [-0.2, -0.15) is 0 Å². The van der Waals surface area contributed by atoms with Crippen molar-refractivity contribution in [3.05, 3.63) is 29.8 Å². The normalized spacial score (nSPS) is 27.5. The molecular weight excluding hydrogens is 390 g/mol. The topological polar surface area (TPSA) is 61.9 Å². The summed E-state index contributed by atoms with van der Waals surface area (Å²) >= 11 is 0. The van der Waals surface area contributed by atoms with Crippen LogP contribution in [0.3, 0.4) is 0 Å². The van der Waals surface area contributed by atoms with E-state index in [2.05, 4.69) is 31.1 Å². The highest BCUT2D eigenvalue weighted by atomic mass is 16.5.